The molecule has 1 aliphatic rings. The third kappa shape index (κ3) is 1.59. The Bertz CT molecular complexity index is 530. The Morgan fingerprint density at radius 3 is 3.12 bits per heavy atom. The minimum Gasteiger partial charge on any atom is -0.358 e. The zero-order valence-corrected chi connectivity index (χ0v) is 10.9. The van der Waals surface area contributed by atoms with Crippen molar-refractivity contribution in [3.8, 4) is 0 Å². The van der Waals surface area contributed by atoms with Crippen LogP contribution in [0, 0.1) is 0 Å². The van der Waals surface area contributed by atoms with Crippen LogP contribution >= 0.6 is 15.9 Å². The van der Waals surface area contributed by atoms with Gasteiger partial charge in [-0.05, 0) is 43.7 Å². The summed E-state index contributed by atoms with van der Waals surface area (Å²) in [5.41, 5.74) is 4.20. The lowest BCUT2D eigenvalue weighted by Gasteiger charge is -2.21. The predicted octanol–water partition coefficient (Wildman–Crippen LogP) is 3.01. The van der Waals surface area contributed by atoms with Gasteiger partial charge in [0, 0.05) is 33.5 Å². The number of fused-ring (bicyclic) bond motifs is 3. The van der Waals surface area contributed by atoms with E-state index in [0.717, 1.165) is 10.9 Å². The van der Waals surface area contributed by atoms with Gasteiger partial charge < -0.3 is 10.3 Å². The Morgan fingerprint density at radius 2 is 2.31 bits per heavy atom. The monoisotopic (exact) mass is 278 g/mol. The normalized spacial score (nSPS) is 20.0. The Labute approximate surface area is 104 Å². The van der Waals surface area contributed by atoms with Gasteiger partial charge in [-0.15, -0.1) is 0 Å². The van der Waals surface area contributed by atoms with Crippen molar-refractivity contribution in [1.82, 2.24) is 10.3 Å². The fourth-order valence-corrected chi connectivity index (χ4v) is 3.01. The van der Waals surface area contributed by atoms with E-state index in [-0.39, 0.29) is 0 Å². The van der Waals surface area contributed by atoms with Crippen LogP contribution in [-0.4, -0.2) is 18.1 Å². The molecule has 1 aromatic heterocycles. The topological polar surface area (TPSA) is 27.8 Å². The highest BCUT2D eigenvalue weighted by molar-refractivity contribution is 9.10. The van der Waals surface area contributed by atoms with Crippen molar-refractivity contribution in [3.05, 3.63) is 33.9 Å². The van der Waals surface area contributed by atoms with E-state index in [2.05, 4.69) is 51.5 Å². The summed E-state index contributed by atoms with van der Waals surface area (Å²) in [6.45, 7) is 0. The number of halogens is 1. The van der Waals surface area contributed by atoms with Crippen molar-refractivity contribution < 1.29 is 0 Å². The van der Waals surface area contributed by atoms with Crippen molar-refractivity contribution in [2.75, 3.05) is 7.05 Å². The molecule has 2 nitrogen and oxygen atoms in total. The molecule has 0 fully saturated rings. The van der Waals surface area contributed by atoms with Crippen LogP contribution in [0.3, 0.4) is 0 Å². The van der Waals surface area contributed by atoms with Crippen LogP contribution in [0.1, 0.15) is 17.7 Å². The van der Waals surface area contributed by atoms with Crippen molar-refractivity contribution in [2.45, 2.75) is 25.3 Å². The van der Waals surface area contributed by atoms with Crippen molar-refractivity contribution in [1.29, 1.82) is 0 Å². The molecule has 0 bridgehead atoms. The van der Waals surface area contributed by atoms with E-state index in [4.69, 9.17) is 0 Å². The largest absolute Gasteiger partial charge is 0.358 e. The summed E-state index contributed by atoms with van der Waals surface area (Å²) in [4.78, 5) is 3.55. The molecule has 16 heavy (non-hydrogen) atoms. The molecule has 1 unspecified atom stereocenters. The molecule has 0 spiro atoms. The molecule has 0 saturated heterocycles. The van der Waals surface area contributed by atoms with Gasteiger partial charge in [-0.3, -0.25) is 0 Å². The smallest absolute Gasteiger partial charge is 0.0459 e. The second-order valence-electron chi connectivity index (χ2n) is 4.50. The molecule has 2 aromatic rings. The Kier molecular flexibility index (Phi) is 2.52. The van der Waals surface area contributed by atoms with E-state index >= 15 is 0 Å². The fourth-order valence-electron chi connectivity index (χ4n) is 2.65. The molecule has 1 aromatic carbocycles. The second-order valence-corrected chi connectivity index (χ2v) is 5.42. The van der Waals surface area contributed by atoms with Gasteiger partial charge in [0.1, 0.15) is 0 Å². The van der Waals surface area contributed by atoms with Gasteiger partial charge >= 0.3 is 0 Å². The van der Waals surface area contributed by atoms with Crippen molar-refractivity contribution in [3.63, 3.8) is 0 Å². The van der Waals surface area contributed by atoms with Gasteiger partial charge in [-0.25, -0.2) is 0 Å². The standard InChI is InChI=1S/C13H15BrN2/c1-15-9-3-4-10-11-6-8(14)2-5-12(11)16-13(10)7-9/h2,5-6,9,15-16H,3-4,7H2,1H3. The van der Waals surface area contributed by atoms with Crippen LogP contribution in [0.2, 0.25) is 0 Å². The molecule has 3 heteroatoms. The first kappa shape index (κ1) is 10.4. The summed E-state index contributed by atoms with van der Waals surface area (Å²) < 4.78 is 1.16. The number of hydrogen-bond donors (Lipinski definition) is 2. The van der Waals surface area contributed by atoms with Gasteiger partial charge in [0.25, 0.3) is 0 Å². The molecule has 1 aliphatic carbocycles. The van der Waals surface area contributed by atoms with Crippen LogP contribution in [0.15, 0.2) is 22.7 Å². The highest BCUT2D eigenvalue weighted by atomic mass is 79.9. The molecule has 84 valence electrons. The quantitative estimate of drug-likeness (QED) is 0.825. The molecule has 1 heterocycles. The summed E-state index contributed by atoms with van der Waals surface area (Å²) in [6, 6.07) is 7.11. The first-order valence-electron chi connectivity index (χ1n) is 5.74. The maximum atomic E-state index is 3.55. The average molecular weight is 279 g/mol. The molecule has 0 aliphatic heterocycles. The number of rotatable bonds is 1. The third-order valence-corrected chi connectivity index (χ3v) is 4.05. The van der Waals surface area contributed by atoms with E-state index in [1.54, 1.807) is 0 Å². The molecule has 0 radical (unpaired) electrons. The number of H-pyrrole nitrogens is 1. The van der Waals surface area contributed by atoms with E-state index in [1.807, 2.05) is 0 Å². The van der Waals surface area contributed by atoms with Crippen LogP contribution < -0.4 is 5.32 Å². The Morgan fingerprint density at radius 1 is 1.44 bits per heavy atom. The van der Waals surface area contributed by atoms with Gasteiger partial charge in [-0.2, -0.15) is 0 Å². The van der Waals surface area contributed by atoms with Gasteiger partial charge in [0.15, 0.2) is 0 Å². The van der Waals surface area contributed by atoms with E-state index in [9.17, 15) is 0 Å². The maximum absolute atomic E-state index is 3.55. The molecule has 0 amide bonds. The number of aryl methyl sites for hydroxylation is 1. The summed E-state index contributed by atoms with van der Waals surface area (Å²) in [5.74, 6) is 0. The van der Waals surface area contributed by atoms with Crippen LogP contribution in [-0.2, 0) is 12.8 Å². The number of benzene rings is 1. The lowest BCUT2D eigenvalue weighted by Crippen LogP contribution is -2.31. The number of nitrogens with one attached hydrogen (secondary N) is 2. The van der Waals surface area contributed by atoms with Gasteiger partial charge in [0.2, 0.25) is 0 Å². The highest BCUT2D eigenvalue weighted by Gasteiger charge is 2.20. The van der Waals surface area contributed by atoms with E-state index in [1.165, 1.54) is 35.0 Å². The van der Waals surface area contributed by atoms with Gasteiger partial charge in [-0.1, -0.05) is 15.9 Å². The lowest BCUT2D eigenvalue weighted by atomic mass is 9.92. The third-order valence-electron chi connectivity index (χ3n) is 3.56. The highest BCUT2D eigenvalue weighted by Crippen LogP contribution is 2.30. The fraction of sp³-hybridized carbons (Fsp3) is 0.385. The van der Waals surface area contributed by atoms with Crippen molar-refractivity contribution >= 4 is 26.8 Å². The van der Waals surface area contributed by atoms with Crippen molar-refractivity contribution in [2.24, 2.45) is 0 Å². The lowest BCUT2D eigenvalue weighted by molar-refractivity contribution is 0.493. The number of likely N-dealkylation sites (N-methyl/N-ethyl adjacent to an activating group) is 1. The molecule has 2 N–H and O–H groups in total. The molecule has 3 rings (SSSR count). The Balaban J connectivity index is 2.13. The number of hydrogen-bond acceptors (Lipinski definition) is 1. The SMILES string of the molecule is CNC1CCc2c([nH]c3ccc(Br)cc23)C1. The molecule has 0 saturated carbocycles. The van der Waals surface area contributed by atoms with Crippen LogP contribution in [0.25, 0.3) is 10.9 Å². The van der Waals surface area contributed by atoms with Gasteiger partial charge in [0.05, 0.1) is 0 Å². The minimum absolute atomic E-state index is 0.629. The number of aromatic amines is 1. The van der Waals surface area contributed by atoms with E-state index in [0.29, 0.717) is 6.04 Å². The Hall–Kier alpha value is -0.800. The first-order valence-corrected chi connectivity index (χ1v) is 6.53. The maximum Gasteiger partial charge on any atom is 0.0459 e. The van der Waals surface area contributed by atoms with E-state index < -0.39 is 0 Å². The van der Waals surface area contributed by atoms with Crippen LogP contribution in [0.5, 0.6) is 0 Å². The minimum atomic E-state index is 0.629. The summed E-state index contributed by atoms with van der Waals surface area (Å²) in [6.07, 6.45) is 3.54. The summed E-state index contributed by atoms with van der Waals surface area (Å²) >= 11 is 3.54. The molecular formula is C13H15BrN2. The zero-order valence-electron chi connectivity index (χ0n) is 9.31. The first-order chi connectivity index (χ1) is 7.78. The summed E-state index contributed by atoms with van der Waals surface area (Å²) in [5, 5.41) is 4.76. The molecular weight excluding hydrogens is 264 g/mol. The molecule has 1 atom stereocenters. The number of aromatic nitrogens is 1. The zero-order chi connectivity index (χ0) is 11.1. The predicted molar refractivity (Wildman–Crippen MR) is 70.9 cm³/mol. The second kappa shape index (κ2) is 3.90. The summed E-state index contributed by atoms with van der Waals surface area (Å²) in [7, 11) is 2.05. The van der Waals surface area contributed by atoms with Crippen LogP contribution in [0.4, 0.5) is 0 Å². The average Bonchev–Trinajstić information content (AvgIpc) is 2.66.